The van der Waals surface area contributed by atoms with E-state index in [4.69, 9.17) is 0 Å². The fourth-order valence-corrected chi connectivity index (χ4v) is 4.21. The van der Waals surface area contributed by atoms with E-state index in [1.54, 1.807) is 0 Å². The third kappa shape index (κ3) is 4.75. The van der Waals surface area contributed by atoms with Gasteiger partial charge in [-0.1, -0.05) is 39.8 Å². The van der Waals surface area contributed by atoms with Crippen molar-refractivity contribution in [1.29, 1.82) is 0 Å². The first-order chi connectivity index (χ1) is 8.76. The van der Waals surface area contributed by atoms with Crippen molar-refractivity contribution in [3.8, 4) is 0 Å². The number of halogens is 1. The predicted octanol–water partition coefficient (Wildman–Crippen LogP) is 4.99. The molecule has 1 aromatic carbocycles. The molecule has 0 heterocycles. The molecule has 0 bridgehead atoms. The average molecular weight is 371 g/mol. The lowest BCUT2D eigenvalue weighted by atomic mass is 9.63. The summed E-state index contributed by atoms with van der Waals surface area (Å²) in [6.45, 7) is 10.6. The molecule has 0 amide bonds. The van der Waals surface area contributed by atoms with Crippen LogP contribution >= 0.6 is 22.6 Å². The van der Waals surface area contributed by atoms with Gasteiger partial charge in [-0.05, 0) is 70.4 Å². The average Bonchev–Trinajstić information content (AvgIpc) is 2.24. The molecule has 0 radical (unpaired) electrons. The van der Waals surface area contributed by atoms with Crippen LogP contribution in [0.3, 0.4) is 0 Å². The Labute approximate surface area is 131 Å². The Hall–Kier alpha value is -0.0900. The van der Waals surface area contributed by atoms with Crippen LogP contribution in [0, 0.1) is 14.4 Å². The molecule has 1 aliphatic carbocycles. The predicted molar refractivity (Wildman–Crippen MR) is 91.2 cm³/mol. The van der Waals surface area contributed by atoms with Gasteiger partial charge in [-0.15, -0.1) is 0 Å². The highest BCUT2D eigenvalue weighted by atomic mass is 127. The molecule has 2 heteroatoms. The summed E-state index contributed by atoms with van der Waals surface area (Å²) in [6.07, 6.45) is 3.92. The molecule has 0 atom stereocenters. The maximum absolute atomic E-state index is 3.77. The Morgan fingerprint density at radius 2 is 1.58 bits per heavy atom. The highest BCUT2D eigenvalue weighted by Crippen LogP contribution is 2.45. The summed E-state index contributed by atoms with van der Waals surface area (Å²) in [5.74, 6) is 0. The lowest BCUT2D eigenvalue weighted by molar-refractivity contribution is 0.0845. The maximum Gasteiger partial charge on any atom is 0.0208 e. The Kier molecular flexibility index (Phi) is 4.61. The quantitative estimate of drug-likeness (QED) is 0.739. The minimum Gasteiger partial charge on any atom is -0.310 e. The lowest BCUT2D eigenvalue weighted by Gasteiger charge is -2.45. The van der Waals surface area contributed by atoms with Gasteiger partial charge in [-0.25, -0.2) is 0 Å². The first kappa shape index (κ1) is 15.3. The zero-order valence-corrected chi connectivity index (χ0v) is 14.8. The first-order valence-corrected chi connectivity index (χ1v) is 8.32. The van der Waals surface area contributed by atoms with E-state index in [-0.39, 0.29) is 0 Å². The van der Waals surface area contributed by atoms with E-state index >= 15 is 0 Å². The minimum atomic E-state index is 0.464. The van der Waals surface area contributed by atoms with E-state index in [0.29, 0.717) is 16.9 Å². The smallest absolute Gasteiger partial charge is 0.0208 e. The van der Waals surface area contributed by atoms with Crippen LogP contribution in [-0.2, 0) is 6.54 Å². The van der Waals surface area contributed by atoms with Crippen LogP contribution in [-0.4, -0.2) is 6.04 Å². The normalized spacial score (nSPS) is 22.4. The van der Waals surface area contributed by atoms with Crippen LogP contribution in [0.2, 0.25) is 0 Å². The topological polar surface area (TPSA) is 12.0 Å². The van der Waals surface area contributed by atoms with E-state index in [2.05, 4.69) is 79.9 Å². The summed E-state index contributed by atoms with van der Waals surface area (Å²) < 4.78 is 1.31. The van der Waals surface area contributed by atoms with Gasteiger partial charge in [0.25, 0.3) is 0 Å². The first-order valence-electron chi connectivity index (χ1n) is 7.24. The molecule has 0 unspecified atom stereocenters. The largest absolute Gasteiger partial charge is 0.310 e. The van der Waals surface area contributed by atoms with Gasteiger partial charge in [0.15, 0.2) is 0 Å². The summed E-state index contributed by atoms with van der Waals surface area (Å²) >= 11 is 2.36. The molecule has 1 N–H and O–H groups in total. The van der Waals surface area contributed by atoms with Gasteiger partial charge >= 0.3 is 0 Å². The zero-order valence-electron chi connectivity index (χ0n) is 12.6. The number of hydrogen-bond donors (Lipinski definition) is 1. The van der Waals surface area contributed by atoms with Crippen LogP contribution < -0.4 is 5.32 Å². The molecule has 0 aliphatic heterocycles. The molecule has 106 valence electrons. The number of hydrogen-bond acceptors (Lipinski definition) is 1. The molecule has 1 aromatic rings. The molecule has 1 nitrogen and oxygen atoms in total. The van der Waals surface area contributed by atoms with Crippen molar-refractivity contribution >= 4 is 22.6 Å². The van der Waals surface area contributed by atoms with Gasteiger partial charge in [-0.3, -0.25) is 0 Å². The lowest BCUT2D eigenvalue weighted by Crippen LogP contribution is -2.43. The Morgan fingerprint density at radius 3 is 2.11 bits per heavy atom. The van der Waals surface area contributed by atoms with Crippen LogP contribution in [0.4, 0.5) is 0 Å². The van der Waals surface area contributed by atoms with E-state index in [1.165, 1.54) is 28.4 Å². The molecule has 19 heavy (non-hydrogen) atoms. The van der Waals surface area contributed by atoms with Gasteiger partial charge < -0.3 is 5.32 Å². The van der Waals surface area contributed by atoms with Crippen molar-refractivity contribution in [2.75, 3.05) is 0 Å². The number of rotatable bonds is 3. The summed E-state index contributed by atoms with van der Waals surface area (Å²) in [7, 11) is 0. The fraction of sp³-hybridized carbons (Fsp3) is 0.647. The van der Waals surface area contributed by atoms with Gasteiger partial charge in [-0.2, -0.15) is 0 Å². The summed E-state index contributed by atoms with van der Waals surface area (Å²) in [6, 6.07) is 9.48. The molecular formula is C17H26IN. The SMILES string of the molecule is CC1(C)CC(NCc2ccc(I)cc2)CC(C)(C)C1. The van der Waals surface area contributed by atoms with Gasteiger partial charge in [0.1, 0.15) is 0 Å². The third-order valence-corrected chi connectivity index (χ3v) is 4.78. The Balaban J connectivity index is 1.93. The molecule has 1 fully saturated rings. The minimum absolute atomic E-state index is 0.464. The Bertz CT molecular complexity index is 403. The second kappa shape index (κ2) is 5.72. The summed E-state index contributed by atoms with van der Waals surface area (Å²) in [5.41, 5.74) is 2.32. The maximum atomic E-state index is 3.77. The highest BCUT2D eigenvalue weighted by Gasteiger charge is 2.37. The molecule has 1 aliphatic rings. The van der Waals surface area contributed by atoms with Gasteiger partial charge in [0.2, 0.25) is 0 Å². The van der Waals surface area contributed by atoms with Crippen LogP contribution in [0.15, 0.2) is 24.3 Å². The van der Waals surface area contributed by atoms with Crippen molar-refractivity contribution in [2.24, 2.45) is 10.8 Å². The standard InChI is InChI=1S/C17H26IN/c1-16(2)9-15(10-17(3,4)12-16)19-11-13-5-7-14(18)8-6-13/h5-8,15,19H,9-12H2,1-4H3. The van der Waals surface area contributed by atoms with Crippen LogP contribution in [0.1, 0.15) is 52.5 Å². The second-order valence-electron chi connectivity index (χ2n) is 7.62. The molecule has 1 saturated carbocycles. The van der Waals surface area contributed by atoms with Crippen LogP contribution in [0.5, 0.6) is 0 Å². The molecular weight excluding hydrogens is 345 g/mol. The summed E-state index contributed by atoms with van der Waals surface area (Å²) in [5, 5.41) is 3.77. The van der Waals surface area contributed by atoms with Crippen molar-refractivity contribution < 1.29 is 0 Å². The van der Waals surface area contributed by atoms with Crippen molar-refractivity contribution in [1.82, 2.24) is 5.32 Å². The van der Waals surface area contributed by atoms with E-state index in [1.807, 2.05) is 0 Å². The van der Waals surface area contributed by atoms with E-state index < -0.39 is 0 Å². The van der Waals surface area contributed by atoms with Crippen LogP contribution in [0.25, 0.3) is 0 Å². The van der Waals surface area contributed by atoms with Gasteiger partial charge in [0.05, 0.1) is 0 Å². The van der Waals surface area contributed by atoms with Gasteiger partial charge in [0, 0.05) is 16.2 Å². The van der Waals surface area contributed by atoms with Crippen molar-refractivity contribution in [2.45, 2.75) is 59.5 Å². The number of nitrogens with one attached hydrogen (secondary N) is 1. The van der Waals surface area contributed by atoms with E-state index in [9.17, 15) is 0 Å². The monoisotopic (exact) mass is 371 g/mol. The molecule has 0 saturated heterocycles. The van der Waals surface area contributed by atoms with E-state index in [0.717, 1.165) is 6.54 Å². The zero-order chi connectivity index (χ0) is 14.1. The van der Waals surface area contributed by atoms with Crippen molar-refractivity contribution in [3.63, 3.8) is 0 Å². The highest BCUT2D eigenvalue weighted by molar-refractivity contribution is 14.1. The fourth-order valence-electron chi connectivity index (χ4n) is 3.85. The summed E-state index contributed by atoms with van der Waals surface area (Å²) in [4.78, 5) is 0. The Morgan fingerprint density at radius 1 is 1.05 bits per heavy atom. The molecule has 0 aromatic heterocycles. The third-order valence-electron chi connectivity index (χ3n) is 4.06. The number of benzene rings is 1. The van der Waals surface area contributed by atoms with Crippen molar-refractivity contribution in [3.05, 3.63) is 33.4 Å². The molecule has 2 rings (SSSR count). The second-order valence-corrected chi connectivity index (χ2v) is 8.86. The molecule has 0 spiro atoms.